The molecule has 1 aromatic heterocycles. The Balaban J connectivity index is 2.21. The Morgan fingerprint density at radius 1 is 0.885 bits per heavy atom. The molecule has 0 amide bonds. The molecule has 0 fully saturated rings. The zero-order valence-electron chi connectivity index (χ0n) is 14.7. The van der Waals surface area contributed by atoms with E-state index in [4.69, 9.17) is 0 Å². The van der Waals surface area contributed by atoms with E-state index in [1.807, 2.05) is 0 Å². The standard InChI is InChI=1S/C18H20N4O4/c1-3-19(4-2)9-10-20-17-7-5-13(21(23)24)11-15(17)16-12-14(22(25)26)6-8-18(16)20/h5-8,11-12H,3-4,9-10H2,1-2H3. The maximum Gasteiger partial charge on any atom is 0.270 e. The molecule has 26 heavy (non-hydrogen) atoms. The first-order valence-electron chi connectivity index (χ1n) is 8.53. The fourth-order valence-electron chi connectivity index (χ4n) is 3.33. The van der Waals surface area contributed by atoms with E-state index in [2.05, 4.69) is 23.3 Å². The fraction of sp³-hybridized carbons (Fsp3) is 0.333. The molecule has 2 aromatic carbocycles. The zero-order valence-corrected chi connectivity index (χ0v) is 14.7. The van der Waals surface area contributed by atoms with Crippen LogP contribution in [0.3, 0.4) is 0 Å². The van der Waals surface area contributed by atoms with Gasteiger partial charge in [-0.2, -0.15) is 0 Å². The molecule has 0 aliphatic carbocycles. The first-order valence-corrected chi connectivity index (χ1v) is 8.53. The van der Waals surface area contributed by atoms with Gasteiger partial charge in [-0.1, -0.05) is 13.8 Å². The van der Waals surface area contributed by atoms with E-state index in [1.165, 1.54) is 24.3 Å². The molecule has 0 spiro atoms. The predicted molar refractivity (Wildman–Crippen MR) is 101 cm³/mol. The SMILES string of the molecule is CCN(CC)CCn1c2ccc([N+](=O)[O-])cc2c2cc([N+](=O)[O-])ccc21. The van der Waals surface area contributed by atoms with E-state index < -0.39 is 9.85 Å². The van der Waals surface area contributed by atoms with E-state index in [0.717, 1.165) is 30.7 Å². The van der Waals surface area contributed by atoms with Crippen LogP contribution in [0.4, 0.5) is 11.4 Å². The number of non-ortho nitro benzene ring substituents is 2. The van der Waals surface area contributed by atoms with Gasteiger partial charge in [0.05, 0.1) is 9.85 Å². The maximum absolute atomic E-state index is 11.1. The van der Waals surface area contributed by atoms with Crippen molar-refractivity contribution in [3.63, 3.8) is 0 Å². The van der Waals surface area contributed by atoms with Gasteiger partial charge in [-0.15, -0.1) is 0 Å². The highest BCUT2D eigenvalue weighted by Gasteiger charge is 2.17. The van der Waals surface area contributed by atoms with Gasteiger partial charge in [0.2, 0.25) is 0 Å². The Morgan fingerprint density at radius 2 is 1.35 bits per heavy atom. The van der Waals surface area contributed by atoms with Gasteiger partial charge in [-0.3, -0.25) is 20.2 Å². The highest BCUT2D eigenvalue weighted by Crippen LogP contribution is 2.33. The summed E-state index contributed by atoms with van der Waals surface area (Å²) in [5.74, 6) is 0. The maximum atomic E-state index is 11.1. The summed E-state index contributed by atoms with van der Waals surface area (Å²) in [5.41, 5.74) is 1.65. The highest BCUT2D eigenvalue weighted by molar-refractivity contribution is 6.09. The lowest BCUT2D eigenvalue weighted by Crippen LogP contribution is -2.26. The number of aromatic nitrogens is 1. The van der Waals surface area contributed by atoms with Crippen LogP contribution in [0.25, 0.3) is 21.8 Å². The first kappa shape index (κ1) is 17.8. The second-order valence-electron chi connectivity index (χ2n) is 6.10. The molecule has 0 aliphatic heterocycles. The molecule has 3 aromatic rings. The van der Waals surface area contributed by atoms with Crippen LogP contribution in [0.1, 0.15) is 13.8 Å². The third-order valence-electron chi connectivity index (χ3n) is 4.79. The van der Waals surface area contributed by atoms with Crippen LogP contribution in [0, 0.1) is 20.2 Å². The smallest absolute Gasteiger partial charge is 0.270 e. The van der Waals surface area contributed by atoms with Crippen LogP contribution in [-0.4, -0.2) is 38.9 Å². The summed E-state index contributed by atoms with van der Waals surface area (Å²) in [6.07, 6.45) is 0. The minimum atomic E-state index is -0.449. The van der Waals surface area contributed by atoms with Crippen molar-refractivity contribution in [3.05, 3.63) is 56.6 Å². The Labute approximate surface area is 149 Å². The molecule has 0 aliphatic rings. The predicted octanol–water partition coefficient (Wildman–Crippen LogP) is 3.95. The van der Waals surface area contributed by atoms with Gasteiger partial charge in [0, 0.05) is 59.2 Å². The van der Waals surface area contributed by atoms with Crippen molar-refractivity contribution in [1.29, 1.82) is 0 Å². The number of benzene rings is 2. The van der Waals surface area contributed by atoms with Crippen molar-refractivity contribution in [1.82, 2.24) is 9.47 Å². The summed E-state index contributed by atoms with van der Waals surface area (Å²) >= 11 is 0. The second-order valence-corrected chi connectivity index (χ2v) is 6.10. The molecule has 8 heteroatoms. The van der Waals surface area contributed by atoms with Crippen molar-refractivity contribution in [2.45, 2.75) is 20.4 Å². The van der Waals surface area contributed by atoms with Gasteiger partial charge < -0.3 is 9.47 Å². The van der Waals surface area contributed by atoms with Gasteiger partial charge in [0.15, 0.2) is 0 Å². The number of hydrogen-bond donors (Lipinski definition) is 0. The van der Waals surface area contributed by atoms with Crippen molar-refractivity contribution in [2.75, 3.05) is 19.6 Å². The summed E-state index contributed by atoms with van der Waals surface area (Å²) in [6, 6.07) is 9.39. The fourth-order valence-corrected chi connectivity index (χ4v) is 3.33. The third-order valence-corrected chi connectivity index (χ3v) is 4.79. The van der Waals surface area contributed by atoms with Crippen LogP contribution in [0.2, 0.25) is 0 Å². The summed E-state index contributed by atoms with van der Waals surface area (Å²) in [5, 5.41) is 23.6. The van der Waals surface area contributed by atoms with Crippen molar-refractivity contribution in [2.24, 2.45) is 0 Å². The normalized spacial score (nSPS) is 11.5. The lowest BCUT2D eigenvalue weighted by Gasteiger charge is -2.19. The van der Waals surface area contributed by atoms with E-state index in [-0.39, 0.29) is 11.4 Å². The molecule has 1 heterocycles. The number of nitro groups is 2. The largest absolute Gasteiger partial charge is 0.339 e. The van der Waals surface area contributed by atoms with Gasteiger partial charge >= 0.3 is 0 Å². The number of nitro benzene ring substituents is 2. The summed E-state index contributed by atoms with van der Waals surface area (Å²) < 4.78 is 2.08. The Morgan fingerprint density at radius 3 is 1.73 bits per heavy atom. The highest BCUT2D eigenvalue weighted by atomic mass is 16.6. The first-order chi connectivity index (χ1) is 12.5. The Kier molecular flexibility index (Phi) is 4.85. The molecule has 8 nitrogen and oxygen atoms in total. The third kappa shape index (κ3) is 3.11. The molecule has 3 rings (SSSR count). The Bertz CT molecular complexity index is 920. The minimum Gasteiger partial charge on any atom is -0.339 e. The number of nitrogens with zero attached hydrogens (tertiary/aromatic N) is 4. The van der Waals surface area contributed by atoms with Crippen LogP contribution in [0.15, 0.2) is 36.4 Å². The number of likely N-dealkylation sites (N-methyl/N-ethyl adjacent to an activating group) is 1. The van der Waals surface area contributed by atoms with Gasteiger partial charge in [-0.25, -0.2) is 0 Å². The topological polar surface area (TPSA) is 94.5 Å². The molecular formula is C18H20N4O4. The van der Waals surface area contributed by atoms with Crippen LogP contribution in [0.5, 0.6) is 0 Å². The van der Waals surface area contributed by atoms with E-state index in [9.17, 15) is 20.2 Å². The van der Waals surface area contributed by atoms with Gasteiger partial charge in [0.25, 0.3) is 11.4 Å². The molecule has 0 atom stereocenters. The van der Waals surface area contributed by atoms with Crippen LogP contribution in [-0.2, 0) is 6.54 Å². The zero-order chi connectivity index (χ0) is 18.8. The van der Waals surface area contributed by atoms with E-state index >= 15 is 0 Å². The van der Waals surface area contributed by atoms with Crippen LogP contribution < -0.4 is 0 Å². The van der Waals surface area contributed by atoms with Gasteiger partial charge in [0.1, 0.15) is 0 Å². The van der Waals surface area contributed by atoms with E-state index in [0.29, 0.717) is 17.3 Å². The summed E-state index contributed by atoms with van der Waals surface area (Å²) in [7, 11) is 0. The minimum absolute atomic E-state index is 0.0215. The number of hydrogen-bond acceptors (Lipinski definition) is 5. The van der Waals surface area contributed by atoms with Crippen LogP contribution >= 0.6 is 0 Å². The average molecular weight is 356 g/mol. The number of fused-ring (bicyclic) bond motifs is 3. The molecule has 0 radical (unpaired) electrons. The molecule has 136 valence electrons. The molecule has 0 bridgehead atoms. The van der Waals surface area contributed by atoms with Gasteiger partial charge in [-0.05, 0) is 25.2 Å². The lowest BCUT2D eigenvalue weighted by atomic mass is 10.1. The summed E-state index contributed by atoms with van der Waals surface area (Å²) in [4.78, 5) is 23.7. The quantitative estimate of drug-likeness (QED) is 0.472. The Hall–Kier alpha value is -3.00. The monoisotopic (exact) mass is 356 g/mol. The average Bonchev–Trinajstić information content (AvgIpc) is 2.95. The second kappa shape index (κ2) is 7.09. The van der Waals surface area contributed by atoms with Crippen molar-refractivity contribution < 1.29 is 9.85 Å². The van der Waals surface area contributed by atoms with Crippen molar-refractivity contribution >= 4 is 33.2 Å². The lowest BCUT2D eigenvalue weighted by molar-refractivity contribution is -0.385. The van der Waals surface area contributed by atoms with E-state index in [1.54, 1.807) is 12.1 Å². The molecule has 0 N–H and O–H groups in total. The summed E-state index contributed by atoms with van der Waals surface area (Å²) in [6.45, 7) is 7.61. The molecule has 0 saturated carbocycles. The van der Waals surface area contributed by atoms with Crippen molar-refractivity contribution in [3.8, 4) is 0 Å². The molecular weight excluding hydrogens is 336 g/mol. The number of rotatable bonds is 7. The molecule has 0 unspecified atom stereocenters. The molecule has 0 saturated heterocycles.